The molecule has 0 radical (unpaired) electrons. The second kappa shape index (κ2) is 9.30. The maximum Gasteiger partial charge on any atom is 0.419 e. The van der Waals surface area contributed by atoms with Crippen molar-refractivity contribution in [3.8, 4) is 5.75 Å². The number of carbonyl (C=O) groups excluding carboxylic acids is 1. The van der Waals surface area contributed by atoms with E-state index in [1.54, 1.807) is 49.6 Å². The van der Waals surface area contributed by atoms with Crippen molar-refractivity contribution in [1.82, 2.24) is 10.3 Å². The van der Waals surface area contributed by atoms with E-state index in [2.05, 4.69) is 10.3 Å². The predicted molar refractivity (Wildman–Crippen MR) is 108 cm³/mol. The Morgan fingerprint density at radius 3 is 2.37 bits per heavy atom. The first kappa shape index (κ1) is 21.2. The zero-order valence-corrected chi connectivity index (χ0v) is 16.2. The van der Waals surface area contributed by atoms with Gasteiger partial charge >= 0.3 is 12.2 Å². The molecule has 1 N–H and O–H groups in total. The normalized spacial score (nSPS) is 11.1. The molecule has 0 unspecified atom stereocenters. The van der Waals surface area contributed by atoms with Crippen molar-refractivity contribution in [1.29, 1.82) is 0 Å². The number of halogens is 3. The highest BCUT2D eigenvalue weighted by molar-refractivity contribution is 5.99. The van der Waals surface area contributed by atoms with Crippen molar-refractivity contribution in [2.24, 2.45) is 0 Å². The van der Waals surface area contributed by atoms with Gasteiger partial charge in [0.15, 0.2) is 5.82 Å². The van der Waals surface area contributed by atoms with Crippen LogP contribution in [0.1, 0.15) is 11.1 Å². The summed E-state index contributed by atoms with van der Waals surface area (Å²) in [6, 6.07) is 16.8. The summed E-state index contributed by atoms with van der Waals surface area (Å²) in [4.78, 5) is 17.7. The third-order valence-corrected chi connectivity index (χ3v) is 4.37. The van der Waals surface area contributed by atoms with Gasteiger partial charge in [-0.3, -0.25) is 0 Å². The average molecular weight is 415 g/mol. The largest absolute Gasteiger partial charge is 0.497 e. The van der Waals surface area contributed by atoms with Crippen molar-refractivity contribution in [2.75, 3.05) is 18.6 Å². The minimum atomic E-state index is -4.65. The lowest BCUT2D eigenvalue weighted by atomic mass is 10.1. The number of methoxy groups -OCH3 is 1. The number of carbonyl (C=O) groups is 1. The molecule has 5 nitrogen and oxygen atoms in total. The fraction of sp³-hybridized carbons (Fsp3) is 0.182. The standard InChI is InChI=1S/C22H20F3N3O2/c1-30-18-11-9-16(10-12-18)13-15-27-21(29)28(17-6-3-2-4-7-17)20-19(22(23,24)25)8-5-14-26-20/h2-12,14H,13,15H2,1H3,(H,27,29). The lowest BCUT2D eigenvalue weighted by molar-refractivity contribution is -0.137. The molecule has 2 amide bonds. The van der Waals surface area contributed by atoms with Crippen LogP contribution in [-0.2, 0) is 12.6 Å². The van der Waals surface area contributed by atoms with Crippen molar-refractivity contribution >= 4 is 17.5 Å². The summed E-state index contributed by atoms with van der Waals surface area (Å²) in [7, 11) is 1.57. The van der Waals surface area contributed by atoms with Crippen LogP contribution < -0.4 is 15.0 Å². The minimum absolute atomic E-state index is 0.239. The van der Waals surface area contributed by atoms with Gasteiger partial charge in [-0.05, 0) is 48.4 Å². The first-order chi connectivity index (χ1) is 14.4. The third-order valence-electron chi connectivity index (χ3n) is 4.37. The highest BCUT2D eigenvalue weighted by atomic mass is 19.4. The van der Waals surface area contributed by atoms with Crippen LogP contribution in [0.4, 0.5) is 29.5 Å². The van der Waals surface area contributed by atoms with Crippen molar-refractivity contribution in [3.63, 3.8) is 0 Å². The summed E-state index contributed by atoms with van der Waals surface area (Å²) in [6.45, 7) is 0.239. The van der Waals surface area contributed by atoms with E-state index in [0.717, 1.165) is 16.5 Å². The highest BCUT2D eigenvalue weighted by Crippen LogP contribution is 2.37. The van der Waals surface area contributed by atoms with Crippen LogP contribution in [0.3, 0.4) is 0 Å². The number of aromatic nitrogens is 1. The summed E-state index contributed by atoms with van der Waals surface area (Å²) in [5.41, 5.74) is 0.249. The Labute approximate surface area is 172 Å². The van der Waals surface area contributed by atoms with Gasteiger partial charge in [0.1, 0.15) is 5.75 Å². The molecule has 0 spiro atoms. The van der Waals surface area contributed by atoms with Gasteiger partial charge in [0.05, 0.1) is 18.4 Å². The topological polar surface area (TPSA) is 54.5 Å². The molecule has 3 aromatic rings. The Morgan fingerprint density at radius 1 is 1.03 bits per heavy atom. The van der Waals surface area contributed by atoms with Crippen LogP contribution in [0.25, 0.3) is 0 Å². The molecule has 30 heavy (non-hydrogen) atoms. The SMILES string of the molecule is COc1ccc(CCNC(=O)N(c2ccccc2)c2ncccc2C(F)(F)F)cc1. The summed E-state index contributed by atoms with van der Waals surface area (Å²) >= 11 is 0. The molecular weight excluding hydrogens is 395 g/mol. The molecule has 0 aliphatic rings. The summed E-state index contributed by atoms with van der Waals surface area (Å²) in [5, 5.41) is 2.68. The number of nitrogens with zero attached hydrogens (tertiary/aromatic N) is 2. The van der Waals surface area contributed by atoms with Gasteiger partial charge < -0.3 is 10.1 Å². The third kappa shape index (κ3) is 5.08. The predicted octanol–water partition coefficient (Wildman–Crippen LogP) is 5.20. The Bertz CT molecular complexity index is 977. The van der Waals surface area contributed by atoms with E-state index in [1.165, 1.54) is 12.3 Å². The molecule has 0 atom stereocenters. The van der Waals surface area contributed by atoms with Gasteiger partial charge in [0.25, 0.3) is 0 Å². The number of urea groups is 1. The van der Waals surface area contributed by atoms with Crippen molar-refractivity contribution in [2.45, 2.75) is 12.6 Å². The number of nitrogens with one attached hydrogen (secondary N) is 1. The molecule has 2 aromatic carbocycles. The molecule has 0 saturated carbocycles. The van der Waals surface area contributed by atoms with Gasteiger partial charge in [0, 0.05) is 12.7 Å². The first-order valence-electron chi connectivity index (χ1n) is 9.18. The molecule has 0 fully saturated rings. The Morgan fingerprint density at radius 2 is 1.73 bits per heavy atom. The zero-order valence-electron chi connectivity index (χ0n) is 16.2. The number of amides is 2. The number of hydrogen-bond donors (Lipinski definition) is 1. The molecule has 0 bridgehead atoms. The van der Waals surface area contributed by atoms with Gasteiger partial charge in [-0.2, -0.15) is 13.2 Å². The van der Waals surface area contributed by atoms with Crippen LogP contribution in [0.15, 0.2) is 72.9 Å². The van der Waals surface area contributed by atoms with Gasteiger partial charge in [0.2, 0.25) is 0 Å². The van der Waals surface area contributed by atoms with Crippen LogP contribution in [0.5, 0.6) is 5.75 Å². The Hall–Kier alpha value is -3.55. The van der Waals surface area contributed by atoms with E-state index in [4.69, 9.17) is 4.74 Å². The Balaban J connectivity index is 1.82. The van der Waals surface area contributed by atoms with Crippen molar-refractivity contribution < 1.29 is 22.7 Å². The lowest BCUT2D eigenvalue weighted by Gasteiger charge is -2.25. The number of alkyl halides is 3. The fourth-order valence-corrected chi connectivity index (χ4v) is 2.89. The molecule has 0 aliphatic heterocycles. The van der Waals surface area contributed by atoms with E-state index in [9.17, 15) is 18.0 Å². The quantitative estimate of drug-likeness (QED) is 0.602. The molecule has 0 aliphatic carbocycles. The monoisotopic (exact) mass is 415 g/mol. The number of anilines is 2. The average Bonchev–Trinajstić information content (AvgIpc) is 2.75. The number of hydrogen-bond acceptors (Lipinski definition) is 3. The molecule has 1 aromatic heterocycles. The van der Waals surface area contributed by atoms with Gasteiger partial charge in [-0.25, -0.2) is 14.7 Å². The number of pyridine rings is 1. The van der Waals surface area contributed by atoms with Gasteiger partial charge in [-0.1, -0.05) is 30.3 Å². The summed E-state index contributed by atoms with van der Waals surface area (Å²) < 4.78 is 45.6. The molecule has 0 saturated heterocycles. The smallest absolute Gasteiger partial charge is 0.419 e. The Kier molecular flexibility index (Phi) is 6.56. The number of benzene rings is 2. The fourth-order valence-electron chi connectivity index (χ4n) is 2.89. The van der Waals surface area contributed by atoms with E-state index in [-0.39, 0.29) is 12.2 Å². The van der Waals surface area contributed by atoms with Crippen LogP contribution in [0, 0.1) is 0 Å². The van der Waals surface area contributed by atoms with Gasteiger partial charge in [-0.15, -0.1) is 0 Å². The minimum Gasteiger partial charge on any atom is -0.497 e. The molecule has 8 heteroatoms. The maximum atomic E-state index is 13.5. The summed E-state index contributed by atoms with van der Waals surface area (Å²) in [6.07, 6.45) is -2.92. The van der Waals surface area contributed by atoms with E-state index in [0.29, 0.717) is 12.2 Å². The molecular formula is C22H20F3N3O2. The second-order valence-corrected chi connectivity index (χ2v) is 6.37. The maximum absolute atomic E-state index is 13.5. The lowest BCUT2D eigenvalue weighted by Crippen LogP contribution is -2.39. The summed E-state index contributed by atoms with van der Waals surface area (Å²) in [5.74, 6) is 0.242. The number of rotatable bonds is 6. The molecule has 3 rings (SSSR count). The zero-order chi connectivity index (χ0) is 21.6. The number of para-hydroxylation sites is 1. The van der Waals surface area contributed by atoms with Crippen LogP contribution in [-0.4, -0.2) is 24.7 Å². The molecule has 1 heterocycles. The number of ether oxygens (including phenoxy) is 1. The van der Waals surface area contributed by atoms with E-state index >= 15 is 0 Å². The van der Waals surface area contributed by atoms with Crippen LogP contribution >= 0.6 is 0 Å². The van der Waals surface area contributed by atoms with Crippen LogP contribution in [0.2, 0.25) is 0 Å². The van der Waals surface area contributed by atoms with E-state index < -0.39 is 23.6 Å². The molecule has 156 valence electrons. The first-order valence-corrected chi connectivity index (χ1v) is 9.18. The highest BCUT2D eigenvalue weighted by Gasteiger charge is 2.37. The van der Waals surface area contributed by atoms with Crippen molar-refractivity contribution in [3.05, 3.63) is 84.1 Å². The second-order valence-electron chi connectivity index (χ2n) is 6.37. The van der Waals surface area contributed by atoms with E-state index in [1.807, 2.05) is 12.1 Å².